The summed E-state index contributed by atoms with van der Waals surface area (Å²) < 4.78 is 15.5. The van der Waals surface area contributed by atoms with Crippen molar-refractivity contribution in [1.29, 1.82) is 0 Å². The maximum Gasteiger partial charge on any atom is 0.228 e. The van der Waals surface area contributed by atoms with Crippen molar-refractivity contribution in [2.45, 2.75) is 47.2 Å². The molecule has 0 spiro atoms. The minimum Gasteiger partial charge on any atom is -0.345 e. The summed E-state index contributed by atoms with van der Waals surface area (Å²) in [5.74, 6) is -0.0698. The summed E-state index contributed by atoms with van der Waals surface area (Å²) in [4.78, 5) is 14.6. The van der Waals surface area contributed by atoms with Gasteiger partial charge in [-0.1, -0.05) is 39.8 Å². The van der Waals surface area contributed by atoms with Crippen LogP contribution in [-0.4, -0.2) is 21.9 Å². The molecule has 0 aliphatic heterocycles. The number of carbonyl (C=O) groups excluding carboxylic acids is 1. The Morgan fingerprint density at radius 3 is 2.58 bits per heavy atom. The summed E-state index contributed by atoms with van der Waals surface area (Å²) in [6.07, 6.45) is 2.90. The number of halogens is 1. The van der Waals surface area contributed by atoms with Gasteiger partial charge in [0.25, 0.3) is 0 Å². The van der Waals surface area contributed by atoms with Gasteiger partial charge in [0.15, 0.2) is 0 Å². The van der Waals surface area contributed by atoms with Crippen molar-refractivity contribution in [2.75, 3.05) is 6.54 Å². The molecule has 0 bridgehead atoms. The van der Waals surface area contributed by atoms with Gasteiger partial charge in [-0.3, -0.25) is 4.79 Å². The van der Waals surface area contributed by atoms with Crippen LogP contribution in [-0.2, 0) is 17.9 Å². The van der Waals surface area contributed by atoms with E-state index in [2.05, 4.69) is 11.5 Å². The Labute approximate surface area is 144 Å². The van der Waals surface area contributed by atoms with Crippen molar-refractivity contribution in [3.8, 4) is 0 Å². The molecule has 0 aliphatic carbocycles. The first-order chi connectivity index (χ1) is 11.3. The fourth-order valence-electron chi connectivity index (χ4n) is 2.77. The summed E-state index contributed by atoms with van der Waals surface area (Å²) >= 11 is 0. The van der Waals surface area contributed by atoms with E-state index >= 15 is 0 Å². The van der Waals surface area contributed by atoms with Crippen molar-refractivity contribution in [3.63, 3.8) is 0 Å². The number of rotatable bonds is 6. The van der Waals surface area contributed by atoms with Gasteiger partial charge in [-0.2, -0.15) is 0 Å². The quantitative estimate of drug-likeness (QED) is 0.767. The molecule has 24 heavy (non-hydrogen) atoms. The number of amides is 1. The molecule has 0 radical (unpaired) electrons. The van der Waals surface area contributed by atoms with E-state index < -0.39 is 5.41 Å². The highest BCUT2D eigenvalue weighted by molar-refractivity contribution is 5.81. The molecule has 0 atom stereocenters. The minimum atomic E-state index is -0.394. The molecule has 0 saturated heterocycles. The predicted octanol–water partition coefficient (Wildman–Crippen LogP) is 4.46. The van der Waals surface area contributed by atoms with Crippen molar-refractivity contribution in [2.24, 2.45) is 5.41 Å². The standard InChI is InChI=1S/C20H27FN2O/c1-5-11-23(19(24)20(2,3)4)15-18-10-7-12-22(18)14-16-8-6-9-17(21)13-16/h6-10,12-13H,5,11,14-15H2,1-4H3. The minimum absolute atomic E-state index is 0.155. The lowest BCUT2D eigenvalue weighted by Gasteiger charge is -2.29. The van der Waals surface area contributed by atoms with E-state index in [0.717, 1.165) is 24.2 Å². The van der Waals surface area contributed by atoms with Gasteiger partial charge in [-0.05, 0) is 36.2 Å². The van der Waals surface area contributed by atoms with Crippen molar-refractivity contribution < 1.29 is 9.18 Å². The number of hydrogen-bond acceptors (Lipinski definition) is 1. The molecule has 1 aromatic carbocycles. The van der Waals surface area contributed by atoms with Crippen molar-refractivity contribution in [1.82, 2.24) is 9.47 Å². The van der Waals surface area contributed by atoms with Crippen LogP contribution in [0, 0.1) is 11.2 Å². The fourth-order valence-corrected chi connectivity index (χ4v) is 2.77. The molecule has 0 aliphatic rings. The van der Waals surface area contributed by atoms with Crippen LogP contribution in [0.15, 0.2) is 42.6 Å². The summed E-state index contributed by atoms with van der Waals surface area (Å²) in [5.41, 5.74) is 1.58. The molecule has 0 N–H and O–H groups in total. The van der Waals surface area contributed by atoms with Crippen LogP contribution in [0.3, 0.4) is 0 Å². The first-order valence-electron chi connectivity index (χ1n) is 8.49. The van der Waals surface area contributed by atoms with Crippen LogP contribution in [0.1, 0.15) is 45.4 Å². The molecule has 2 rings (SSSR count). The molecule has 130 valence electrons. The number of hydrogen-bond donors (Lipinski definition) is 0. The molecule has 0 saturated carbocycles. The van der Waals surface area contributed by atoms with Crippen LogP contribution in [0.2, 0.25) is 0 Å². The average Bonchev–Trinajstić information content (AvgIpc) is 2.92. The van der Waals surface area contributed by atoms with Gasteiger partial charge < -0.3 is 9.47 Å². The lowest BCUT2D eigenvalue weighted by Crippen LogP contribution is -2.39. The molecular formula is C20H27FN2O. The fraction of sp³-hybridized carbons (Fsp3) is 0.450. The highest BCUT2D eigenvalue weighted by Crippen LogP contribution is 2.20. The topological polar surface area (TPSA) is 25.2 Å². The third kappa shape index (κ3) is 4.70. The molecular weight excluding hydrogens is 303 g/mol. The van der Waals surface area contributed by atoms with Gasteiger partial charge in [0.05, 0.1) is 6.54 Å². The molecule has 3 nitrogen and oxygen atoms in total. The second kappa shape index (κ2) is 7.65. The summed E-state index contributed by atoms with van der Waals surface area (Å²) in [7, 11) is 0. The van der Waals surface area contributed by atoms with Crippen LogP contribution in [0.4, 0.5) is 4.39 Å². The van der Waals surface area contributed by atoms with Crippen molar-refractivity contribution in [3.05, 3.63) is 59.7 Å². The van der Waals surface area contributed by atoms with Crippen LogP contribution in [0.5, 0.6) is 0 Å². The number of nitrogens with zero attached hydrogens (tertiary/aromatic N) is 2. The van der Waals surface area contributed by atoms with E-state index in [1.165, 1.54) is 6.07 Å². The highest BCUT2D eigenvalue weighted by atomic mass is 19.1. The highest BCUT2D eigenvalue weighted by Gasteiger charge is 2.27. The maximum absolute atomic E-state index is 13.4. The molecule has 1 aromatic heterocycles. The van der Waals surface area contributed by atoms with E-state index in [0.29, 0.717) is 13.1 Å². The van der Waals surface area contributed by atoms with Crippen molar-refractivity contribution >= 4 is 5.91 Å². The largest absolute Gasteiger partial charge is 0.345 e. The Morgan fingerprint density at radius 1 is 1.21 bits per heavy atom. The van der Waals surface area contributed by atoms with E-state index in [1.54, 1.807) is 12.1 Å². The Morgan fingerprint density at radius 2 is 1.96 bits per heavy atom. The smallest absolute Gasteiger partial charge is 0.228 e. The van der Waals surface area contributed by atoms with Gasteiger partial charge in [0.1, 0.15) is 5.82 Å². The molecule has 4 heteroatoms. The zero-order valence-electron chi connectivity index (χ0n) is 15.1. The lowest BCUT2D eigenvalue weighted by atomic mass is 9.94. The molecule has 2 aromatic rings. The van der Waals surface area contributed by atoms with Crippen LogP contribution >= 0.6 is 0 Å². The SMILES string of the molecule is CCCN(Cc1cccn1Cc1cccc(F)c1)C(=O)C(C)(C)C. The van der Waals surface area contributed by atoms with Gasteiger partial charge in [0, 0.05) is 30.4 Å². The second-order valence-electron chi connectivity index (χ2n) is 7.23. The van der Waals surface area contributed by atoms with E-state index in [-0.39, 0.29) is 11.7 Å². The zero-order valence-corrected chi connectivity index (χ0v) is 15.1. The van der Waals surface area contributed by atoms with E-state index in [4.69, 9.17) is 0 Å². The molecule has 0 unspecified atom stereocenters. The molecule has 1 amide bonds. The summed E-state index contributed by atoms with van der Waals surface area (Å²) in [6.45, 7) is 9.84. The normalized spacial score (nSPS) is 11.5. The Bertz CT molecular complexity index is 685. The third-order valence-corrected chi connectivity index (χ3v) is 3.94. The summed E-state index contributed by atoms with van der Waals surface area (Å²) in [6, 6.07) is 10.6. The van der Waals surface area contributed by atoms with Gasteiger partial charge in [0.2, 0.25) is 5.91 Å². The number of carbonyl (C=O) groups is 1. The van der Waals surface area contributed by atoms with Gasteiger partial charge >= 0.3 is 0 Å². The first kappa shape index (κ1) is 18.2. The van der Waals surface area contributed by atoms with Crippen LogP contribution in [0.25, 0.3) is 0 Å². The zero-order chi connectivity index (χ0) is 17.7. The Kier molecular flexibility index (Phi) is 5.81. The van der Waals surface area contributed by atoms with Gasteiger partial charge in [-0.25, -0.2) is 4.39 Å². The van der Waals surface area contributed by atoms with E-state index in [9.17, 15) is 9.18 Å². The maximum atomic E-state index is 13.4. The Balaban J connectivity index is 2.17. The molecule has 1 heterocycles. The first-order valence-corrected chi connectivity index (χ1v) is 8.49. The second-order valence-corrected chi connectivity index (χ2v) is 7.23. The number of benzene rings is 1. The average molecular weight is 330 g/mol. The predicted molar refractivity (Wildman–Crippen MR) is 95.1 cm³/mol. The van der Waals surface area contributed by atoms with Gasteiger partial charge in [-0.15, -0.1) is 0 Å². The Hall–Kier alpha value is -2.10. The van der Waals surface area contributed by atoms with Crippen LogP contribution < -0.4 is 0 Å². The van der Waals surface area contributed by atoms with E-state index in [1.807, 2.05) is 50.1 Å². The summed E-state index contributed by atoms with van der Waals surface area (Å²) in [5, 5.41) is 0. The number of aromatic nitrogens is 1. The third-order valence-electron chi connectivity index (χ3n) is 3.94. The monoisotopic (exact) mass is 330 g/mol. The molecule has 0 fully saturated rings. The lowest BCUT2D eigenvalue weighted by molar-refractivity contribution is -0.140.